The standard InChI is InChI=1S/C15H17NOS/c1-11-3-8-15(17-2)12(9-11)10-18-14-6-4-13(16)5-7-14/h3-9H,10,16H2,1-2H3. The molecule has 18 heavy (non-hydrogen) atoms. The summed E-state index contributed by atoms with van der Waals surface area (Å²) in [7, 11) is 1.71. The lowest BCUT2D eigenvalue weighted by Crippen LogP contribution is -1.91. The first-order valence-electron chi connectivity index (χ1n) is 5.81. The SMILES string of the molecule is COc1ccc(C)cc1CSc1ccc(N)cc1. The first-order chi connectivity index (χ1) is 8.69. The van der Waals surface area contributed by atoms with Crippen molar-refractivity contribution in [3.63, 3.8) is 0 Å². The molecule has 0 aliphatic heterocycles. The maximum atomic E-state index is 5.67. The van der Waals surface area contributed by atoms with Gasteiger partial charge in [0.05, 0.1) is 7.11 Å². The first kappa shape index (κ1) is 12.8. The van der Waals surface area contributed by atoms with Gasteiger partial charge < -0.3 is 10.5 Å². The minimum absolute atomic E-state index is 0.799. The molecule has 2 aromatic rings. The number of benzene rings is 2. The van der Waals surface area contributed by atoms with E-state index in [1.807, 2.05) is 30.3 Å². The van der Waals surface area contributed by atoms with Gasteiger partial charge in [0.2, 0.25) is 0 Å². The van der Waals surface area contributed by atoms with Crippen molar-refractivity contribution in [1.29, 1.82) is 0 Å². The summed E-state index contributed by atoms with van der Waals surface area (Å²) < 4.78 is 5.37. The molecule has 2 aromatic carbocycles. The van der Waals surface area contributed by atoms with E-state index in [-0.39, 0.29) is 0 Å². The Kier molecular flexibility index (Phi) is 4.15. The molecule has 0 radical (unpaired) electrons. The van der Waals surface area contributed by atoms with Crippen molar-refractivity contribution < 1.29 is 4.74 Å². The van der Waals surface area contributed by atoms with E-state index >= 15 is 0 Å². The molecule has 0 aromatic heterocycles. The zero-order valence-electron chi connectivity index (χ0n) is 10.6. The summed E-state index contributed by atoms with van der Waals surface area (Å²) in [5, 5.41) is 0. The van der Waals surface area contributed by atoms with Crippen LogP contribution in [0.3, 0.4) is 0 Å². The number of hydrogen-bond acceptors (Lipinski definition) is 3. The van der Waals surface area contributed by atoms with Gasteiger partial charge in [-0.25, -0.2) is 0 Å². The monoisotopic (exact) mass is 259 g/mol. The van der Waals surface area contributed by atoms with E-state index in [0.29, 0.717) is 0 Å². The fourth-order valence-corrected chi connectivity index (χ4v) is 2.62. The number of ether oxygens (including phenoxy) is 1. The molecule has 0 spiro atoms. The van der Waals surface area contributed by atoms with Crippen LogP contribution in [0.1, 0.15) is 11.1 Å². The zero-order chi connectivity index (χ0) is 13.0. The highest BCUT2D eigenvalue weighted by Crippen LogP contribution is 2.29. The second kappa shape index (κ2) is 5.83. The van der Waals surface area contributed by atoms with Crippen LogP contribution in [0.2, 0.25) is 0 Å². The lowest BCUT2D eigenvalue weighted by Gasteiger charge is -2.09. The molecule has 0 aliphatic rings. The number of methoxy groups -OCH3 is 1. The second-order valence-corrected chi connectivity index (χ2v) is 5.22. The summed E-state index contributed by atoms with van der Waals surface area (Å²) >= 11 is 1.78. The molecule has 0 fully saturated rings. The van der Waals surface area contributed by atoms with Crippen LogP contribution in [-0.2, 0) is 5.75 Å². The average Bonchev–Trinajstić information content (AvgIpc) is 2.38. The van der Waals surface area contributed by atoms with Crippen molar-refractivity contribution in [3.8, 4) is 5.75 Å². The van der Waals surface area contributed by atoms with Crippen molar-refractivity contribution in [2.75, 3.05) is 12.8 Å². The van der Waals surface area contributed by atoms with Crippen molar-refractivity contribution in [3.05, 3.63) is 53.6 Å². The summed E-state index contributed by atoms with van der Waals surface area (Å²) in [5.41, 5.74) is 8.94. The van der Waals surface area contributed by atoms with Gasteiger partial charge in [0.15, 0.2) is 0 Å². The van der Waals surface area contributed by atoms with Crippen LogP contribution < -0.4 is 10.5 Å². The molecule has 0 heterocycles. The Labute approximate surface area is 112 Å². The van der Waals surface area contributed by atoms with Gasteiger partial charge in [0, 0.05) is 21.9 Å². The fraction of sp³-hybridized carbons (Fsp3) is 0.200. The highest BCUT2D eigenvalue weighted by atomic mass is 32.2. The third-order valence-corrected chi connectivity index (χ3v) is 3.77. The van der Waals surface area contributed by atoms with E-state index in [4.69, 9.17) is 10.5 Å². The van der Waals surface area contributed by atoms with E-state index in [2.05, 4.69) is 19.1 Å². The zero-order valence-corrected chi connectivity index (χ0v) is 11.5. The quantitative estimate of drug-likeness (QED) is 0.668. The lowest BCUT2D eigenvalue weighted by molar-refractivity contribution is 0.411. The highest BCUT2D eigenvalue weighted by molar-refractivity contribution is 7.98. The first-order valence-corrected chi connectivity index (χ1v) is 6.79. The van der Waals surface area contributed by atoms with Crippen molar-refractivity contribution in [2.24, 2.45) is 0 Å². The summed E-state index contributed by atoms with van der Waals surface area (Å²) in [6.07, 6.45) is 0. The van der Waals surface area contributed by atoms with E-state index in [1.54, 1.807) is 18.9 Å². The second-order valence-electron chi connectivity index (χ2n) is 4.17. The van der Waals surface area contributed by atoms with Crippen molar-refractivity contribution in [2.45, 2.75) is 17.6 Å². The molecule has 2 N–H and O–H groups in total. The van der Waals surface area contributed by atoms with Crippen LogP contribution in [0.5, 0.6) is 5.75 Å². The van der Waals surface area contributed by atoms with Gasteiger partial charge in [-0.3, -0.25) is 0 Å². The smallest absolute Gasteiger partial charge is 0.122 e. The summed E-state index contributed by atoms with van der Waals surface area (Å²) in [5.74, 6) is 1.85. The van der Waals surface area contributed by atoms with Crippen molar-refractivity contribution >= 4 is 17.4 Å². The lowest BCUT2D eigenvalue weighted by atomic mass is 10.1. The van der Waals surface area contributed by atoms with Gasteiger partial charge in [-0.15, -0.1) is 11.8 Å². The van der Waals surface area contributed by atoms with Gasteiger partial charge in [-0.05, 0) is 37.3 Å². The normalized spacial score (nSPS) is 10.3. The number of hydrogen-bond donors (Lipinski definition) is 1. The Hall–Kier alpha value is -1.61. The van der Waals surface area contributed by atoms with Gasteiger partial charge in [0.25, 0.3) is 0 Å². The Morgan fingerprint density at radius 3 is 2.50 bits per heavy atom. The Bertz CT molecular complexity index is 523. The molecule has 0 atom stereocenters. The van der Waals surface area contributed by atoms with Crippen LogP contribution in [0.15, 0.2) is 47.4 Å². The van der Waals surface area contributed by atoms with Crippen LogP contribution >= 0.6 is 11.8 Å². The summed E-state index contributed by atoms with van der Waals surface area (Å²) in [6.45, 7) is 2.09. The van der Waals surface area contributed by atoms with Gasteiger partial charge in [-0.2, -0.15) is 0 Å². The van der Waals surface area contributed by atoms with Gasteiger partial charge in [0.1, 0.15) is 5.75 Å². The molecule has 0 aliphatic carbocycles. The number of nitrogen functional groups attached to an aromatic ring is 1. The average molecular weight is 259 g/mol. The molecule has 0 unspecified atom stereocenters. The molecule has 2 nitrogen and oxygen atoms in total. The van der Waals surface area contributed by atoms with Crippen LogP contribution in [0, 0.1) is 6.92 Å². The van der Waals surface area contributed by atoms with Gasteiger partial charge >= 0.3 is 0 Å². The largest absolute Gasteiger partial charge is 0.496 e. The Balaban J connectivity index is 2.09. The van der Waals surface area contributed by atoms with E-state index in [0.717, 1.165) is 17.2 Å². The predicted octanol–water partition coefficient (Wildman–Crippen LogP) is 3.88. The van der Waals surface area contributed by atoms with Crippen LogP contribution in [-0.4, -0.2) is 7.11 Å². The molecule has 3 heteroatoms. The van der Waals surface area contributed by atoms with Crippen LogP contribution in [0.25, 0.3) is 0 Å². The Morgan fingerprint density at radius 2 is 1.83 bits per heavy atom. The summed E-state index contributed by atoms with van der Waals surface area (Å²) in [4.78, 5) is 1.22. The molecule has 0 amide bonds. The number of anilines is 1. The molecule has 0 bridgehead atoms. The Morgan fingerprint density at radius 1 is 1.11 bits per heavy atom. The molecule has 0 saturated heterocycles. The molecular weight excluding hydrogens is 242 g/mol. The van der Waals surface area contributed by atoms with E-state index in [9.17, 15) is 0 Å². The van der Waals surface area contributed by atoms with E-state index in [1.165, 1.54) is 16.0 Å². The summed E-state index contributed by atoms with van der Waals surface area (Å²) in [6, 6.07) is 14.2. The third-order valence-electron chi connectivity index (χ3n) is 2.71. The topological polar surface area (TPSA) is 35.2 Å². The fourth-order valence-electron chi connectivity index (χ4n) is 1.75. The third kappa shape index (κ3) is 3.20. The minimum Gasteiger partial charge on any atom is -0.496 e. The number of thioether (sulfide) groups is 1. The molecule has 94 valence electrons. The highest BCUT2D eigenvalue weighted by Gasteiger charge is 2.04. The number of nitrogens with two attached hydrogens (primary N) is 1. The molecule has 2 rings (SSSR count). The number of aryl methyl sites for hydroxylation is 1. The van der Waals surface area contributed by atoms with E-state index < -0.39 is 0 Å². The van der Waals surface area contributed by atoms with Gasteiger partial charge in [-0.1, -0.05) is 17.7 Å². The van der Waals surface area contributed by atoms with Crippen molar-refractivity contribution in [1.82, 2.24) is 0 Å². The maximum absolute atomic E-state index is 5.67. The minimum atomic E-state index is 0.799. The number of rotatable bonds is 4. The maximum Gasteiger partial charge on any atom is 0.122 e. The van der Waals surface area contributed by atoms with Crippen LogP contribution in [0.4, 0.5) is 5.69 Å². The molecular formula is C15H17NOS. The molecule has 0 saturated carbocycles. The predicted molar refractivity (Wildman–Crippen MR) is 78.1 cm³/mol.